The second-order valence-corrected chi connectivity index (χ2v) is 7.13. The highest BCUT2D eigenvalue weighted by Crippen LogP contribution is 2.34. The van der Waals surface area contributed by atoms with Gasteiger partial charge in [0.25, 0.3) is 0 Å². The van der Waals surface area contributed by atoms with Crippen LogP contribution in [0.1, 0.15) is 12.8 Å². The van der Waals surface area contributed by atoms with E-state index in [1.54, 1.807) is 10.8 Å². The van der Waals surface area contributed by atoms with Crippen molar-refractivity contribution in [3.05, 3.63) is 28.1 Å². The molecule has 1 fully saturated rings. The lowest BCUT2D eigenvalue weighted by atomic mass is 10.0. The predicted molar refractivity (Wildman–Crippen MR) is 97.6 cm³/mol. The van der Waals surface area contributed by atoms with E-state index in [9.17, 15) is 4.79 Å². The van der Waals surface area contributed by atoms with Gasteiger partial charge in [-0.05, 0) is 30.2 Å². The van der Waals surface area contributed by atoms with E-state index in [-0.39, 0.29) is 18.9 Å². The van der Waals surface area contributed by atoms with Gasteiger partial charge in [0.15, 0.2) is 11.3 Å². The zero-order valence-electron chi connectivity index (χ0n) is 14.2. The molecule has 0 spiro atoms. The van der Waals surface area contributed by atoms with Crippen molar-refractivity contribution in [3.8, 4) is 16.3 Å². The van der Waals surface area contributed by atoms with Crippen molar-refractivity contribution in [1.82, 2.24) is 19.5 Å². The third kappa shape index (κ3) is 3.37. The lowest BCUT2D eigenvalue weighted by Crippen LogP contribution is -2.26. The van der Waals surface area contributed by atoms with Gasteiger partial charge in [-0.2, -0.15) is 0 Å². The SMILES string of the molecule is O=c1[nH]c2ncc(-c3sccc3OCCO)nc2n1CC1CCOCC1. The Balaban J connectivity index is 1.69. The summed E-state index contributed by atoms with van der Waals surface area (Å²) < 4.78 is 12.6. The van der Waals surface area contributed by atoms with Crippen molar-refractivity contribution in [2.45, 2.75) is 19.4 Å². The van der Waals surface area contributed by atoms with Crippen molar-refractivity contribution in [2.75, 3.05) is 26.4 Å². The van der Waals surface area contributed by atoms with E-state index in [0.717, 1.165) is 30.9 Å². The first-order valence-corrected chi connectivity index (χ1v) is 9.49. The quantitative estimate of drug-likeness (QED) is 0.678. The van der Waals surface area contributed by atoms with Gasteiger partial charge in [-0.25, -0.2) is 14.8 Å². The second kappa shape index (κ2) is 7.56. The number of nitrogens with one attached hydrogen (secondary N) is 1. The molecule has 0 unspecified atom stereocenters. The molecule has 0 aromatic carbocycles. The smallest absolute Gasteiger partial charge is 0.328 e. The number of fused-ring (bicyclic) bond motifs is 1. The molecule has 1 aliphatic heterocycles. The third-order valence-corrected chi connectivity index (χ3v) is 5.39. The Morgan fingerprint density at radius 3 is 3.08 bits per heavy atom. The van der Waals surface area contributed by atoms with Crippen molar-refractivity contribution in [3.63, 3.8) is 0 Å². The van der Waals surface area contributed by atoms with E-state index in [2.05, 4.69) is 15.0 Å². The molecular formula is C17H20N4O4S. The Kier molecular flexibility index (Phi) is 5.00. The molecule has 0 bridgehead atoms. The van der Waals surface area contributed by atoms with Crippen LogP contribution in [0.2, 0.25) is 0 Å². The first kappa shape index (κ1) is 17.2. The van der Waals surface area contributed by atoms with Crippen molar-refractivity contribution in [1.29, 1.82) is 0 Å². The van der Waals surface area contributed by atoms with Gasteiger partial charge in [0, 0.05) is 19.8 Å². The van der Waals surface area contributed by atoms with E-state index in [1.165, 1.54) is 11.3 Å². The molecule has 2 N–H and O–H groups in total. The fourth-order valence-corrected chi connectivity index (χ4v) is 3.93. The maximum absolute atomic E-state index is 12.4. The van der Waals surface area contributed by atoms with E-state index in [4.69, 9.17) is 14.6 Å². The third-order valence-electron chi connectivity index (χ3n) is 4.47. The summed E-state index contributed by atoms with van der Waals surface area (Å²) in [4.78, 5) is 25.0. The minimum atomic E-state index is -0.188. The molecule has 4 rings (SSSR count). The molecule has 26 heavy (non-hydrogen) atoms. The summed E-state index contributed by atoms with van der Waals surface area (Å²) in [6, 6.07) is 1.84. The number of imidazole rings is 1. The van der Waals surface area contributed by atoms with Crippen molar-refractivity contribution >= 4 is 22.6 Å². The van der Waals surface area contributed by atoms with Gasteiger partial charge in [-0.3, -0.25) is 9.55 Å². The zero-order chi connectivity index (χ0) is 17.9. The molecule has 3 aromatic heterocycles. The number of rotatable bonds is 6. The van der Waals surface area contributed by atoms with Crippen LogP contribution in [-0.4, -0.2) is 51.1 Å². The number of nitrogens with zero attached hydrogens (tertiary/aromatic N) is 3. The Morgan fingerprint density at radius 2 is 2.27 bits per heavy atom. The summed E-state index contributed by atoms with van der Waals surface area (Å²) in [7, 11) is 0. The molecule has 0 radical (unpaired) electrons. The minimum Gasteiger partial charge on any atom is -0.490 e. The van der Waals surface area contributed by atoms with Crippen LogP contribution in [0.3, 0.4) is 0 Å². The van der Waals surface area contributed by atoms with E-state index in [0.29, 0.717) is 35.2 Å². The number of ether oxygens (including phenoxy) is 2. The number of hydrogen-bond donors (Lipinski definition) is 2. The van der Waals surface area contributed by atoms with Crippen LogP contribution < -0.4 is 10.4 Å². The average Bonchev–Trinajstić information content (AvgIpc) is 3.25. The van der Waals surface area contributed by atoms with Gasteiger partial charge in [-0.1, -0.05) is 0 Å². The molecule has 1 saturated heterocycles. The molecule has 9 heteroatoms. The molecule has 8 nitrogen and oxygen atoms in total. The maximum atomic E-state index is 12.4. The van der Waals surface area contributed by atoms with Crippen LogP contribution in [0.4, 0.5) is 0 Å². The highest BCUT2D eigenvalue weighted by Gasteiger charge is 2.19. The summed E-state index contributed by atoms with van der Waals surface area (Å²) in [5, 5.41) is 10.9. The number of thiophene rings is 1. The lowest BCUT2D eigenvalue weighted by Gasteiger charge is -2.21. The second-order valence-electron chi connectivity index (χ2n) is 6.21. The molecule has 1 aliphatic rings. The normalized spacial score (nSPS) is 15.6. The van der Waals surface area contributed by atoms with Crippen LogP contribution in [0.5, 0.6) is 5.75 Å². The molecule has 0 atom stereocenters. The number of aliphatic hydroxyl groups excluding tert-OH is 1. The highest BCUT2D eigenvalue weighted by atomic mass is 32.1. The van der Waals surface area contributed by atoms with E-state index < -0.39 is 0 Å². The van der Waals surface area contributed by atoms with Crippen molar-refractivity contribution in [2.24, 2.45) is 5.92 Å². The molecule has 138 valence electrons. The van der Waals surface area contributed by atoms with Gasteiger partial charge >= 0.3 is 5.69 Å². The lowest BCUT2D eigenvalue weighted by molar-refractivity contribution is 0.0613. The molecule has 0 saturated carbocycles. The fraction of sp³-hybridized carbons (Fsp3) is 0.471. The summed E-state index contributed by atoms with van der Waals surface area (Å²) in [6.45, 7) is 2.25. The maximum Gasteiger partial charge on any atom is 0.328 e. The zero-order valence-corrected chi connectivity index (χ0v) is 15.0. The van der Waals surface area contributed by atoms with Gasteiger partial charge in [-0.15, -0.1) is 11.3 Å². The van der Waals surface area contributed by atoms with E-state index in [1.807, 2.05) is 11.4 Å². The van der Waals surface area contributed by atoms with Gasteiger partial charge in [0.2, 0.25) is 0 Å². The fourth-order valence-electron chi connectivity index (χ4n) is 3.14. The summed E-state index contributed by atoms with van der Waals surface area (Å²) in [6.07, 6.45) is 3.52. The Labute approximate surface area is 153 Å². The standard InChI is InChI=1S/C17H20N4O4S/c22-4-7-25-13-3-8-26-14(13)12-9-18-15-16(19-12)21(17(23)20-15)10-11-1-5-24-6-2-11/h3,8-9,11,22H,1-2,4-7,10H2,(H,18,20,23). The largest absolute Gasteiger partial charge is 0.490 e. The molecule has 0 amide bonds. The van der Waals surface area contributed by atoms with Gasteiger partial charge < -0.3 is 14.6 Å². The molecular weight excluding hydrogens is 356 g/mol. The van der Waals surface area contributed by atoms with Crippen LogP contribution in [0.25, 0.3) is 21.9 Å². The van der Waals surface area contributed by atoms with Crippen LogP contribution in [0.15, 0.2) is 22.4 Å². The molecule has 0 aliphatic carbocycles. The van der Waals surface area contributed by atoms with Gasteiger partial charge in [0.05, 0.1) is 17.7 Å². The first-order valence-electron chi connectivity index (χ1n) is 8.61. The average molecular weight is 376 g/mol. The number of hydrogen-bond acceptors (Lipinski definition) is 7. The molecule has 3 aromatic rings. The monoisotopic (exact) mass is 376 g/mol. The number of H-pyrrole nitrogens is 1. The Morgan fingerprint density at radius 1 is 1.42 bits per heavy atom. The number of aromatic nitrogens is 4. The van der Waals surface area contributed by atoms with Crippen LogP contribution in [0, 0.1) is 5.92 Å². The first-order chi connectivity index (χ1) is 12.8. The Bertz CT molecular complexity index is 942. The minimum absolute atomic E-state index is 0.0531. The molecule has 4 heterocycles. The van der Waals surface area contributed by atoms with Crippen LogP contribution in [-0.2, 0) is 11.3 Å². The van der Waals surface area contributed by atoms with Crippen LogP contribution >= 0.6 is 11.3 Å². The Hall–Kier alpha value is -2.23. The highest BCUT2D eigenvalue weighted by molar-refractivity contribution is 7.14. The number of aliphatic hydroxyl groups is 1. The predicted octanol–water partition coefficient (Wildman–Crippen LogP) is 1.65. The number of aromatic amines is 1. The van der Waals surface area contributed by atoms with Crippen molar-refractivity contribution < 1.29 is 14.6 Å². The topological polar surface area (TPSA) is 102 Å². The van der Waals surface area contributed by atoms with E-state index >= 15 is 0 Å². The summed E-state index contributed by atoms with van der Waals surface area (Å²) in [5.41, 5.74) is 1.51. The summed E-state index contributed by atoms with van der Waals surface area (Å²) in [5.74, 6) is 1.06. The summed E-state index contributed by atoms with van der Waals surface area (Å²) >= 11 is 1.49. The van der Waals surface area contributed by atoms with Gasteiger partial charge in [0.1, 0.15) is 18.1 Å².